The number of nitrogens with zero attached hydrogens (tertiary/aromatic N) is 1. The molecule has 7 rings (SSSR count). The number of aliphatic carboxylic acids is 1. The minimum Gasteiger partial charge on any atom is -0.481 e. The second-order valence-electron chi connectivity index (χ2n) is 12.7. The van der Waals surface area contributed by atoms with Gasteiger partial charge in [0.15, 0.2) is 0 Å². The van der Waals surface area contributed by atoms with E-state index in [2.05, 4.69) is 26.8 Å². The van der Waals surface area contributed by atoms with Crippen molar-refractivity contribution in [1.82, 2.24) is 0 Å². The van der Waals surface area contributed by atoms with Gasteiger partial charge in [-0.1, -0.05) is 27.2 Å². The number of carbonyl (C=O) groups excluding carboxylic acids is 1. The molecule has 6 bridgehead atoms. The molecule has 7 fully saturated rings. The molecule has 4 N–H and O–H groups in total. The van der Waals surface area contributed by atoms with Crippen LogP contribution < -0.4 is 5.73 Å². The minimum absolute atomic E-state index is 0.0113. The number of ketones is 1. The number of nitrogens with two attached hydrogens (primary N) is 1. The highest BCUT2D eigenvalue weighted by Crippen LogP contribution is 2.86. The minimum atomic E-state index is -0.967. The molecule has 6 nitrogen and oxygen atoms in total. The molecule has 7 aliphatic carbocycles. The van der Waals surface area contributed by atoms with Gasteiger partial charge in [-0.2, -0.15) is 5.26 Å². The molecule has 6 heteroatoms. The molecule has 0 heterocycles. The Hall–Kier alpha value is -1.45. The molecular weight excluding hydrogens is 404 g/mol. The lowest BCUT2D eigenvalue weighted by molar-refractivity contribution is -0.198. The van der Waals surface area contributed by atoms with Crippen LogP contribution in [0.25, 0.3) is 0 Å². The van der Waals surface area contributed by atoms with E-state index in [0.717, 1.165) is 32.1 Å². The number of carboxylic acid groups (broad SMARTS) is 1. The van der Waals surface area contributed by atoms with Crippen molar-refractivity contribution in [3.8, 4) is 6.07 Å². The lowest BCUT2D eigenvalue weighted by Crippen LogP contribution is -2.76. The van der Waals surface area contributed by atoms with Gasteiger partial charge in [0.2, 0.25) is 0 Å². The Morgan fingerprint density at radius 3 is 2.50 bits per heavy atom. The van der Waals surface area contributed by atoms with E-state index in [9.17, 15) is 25.1 Å². The maximum atomic E-state index is 13.2. The number of carboxylic acids is 1. The third-order valence-corrected chi connectivity index (χ3v) is 12.6. The lowest BCUT2D eigenvalue weighted by Gasteiger charge is -2.66. The third-order valence-electron chi connectivity index (χ3n) is 12.6. The number of nitriles is 1. The number of carbonyl (C=O) groups is 2. The zero-order valence-electron chi connectivity index (χ0n) is 19.4. The van der Waals surface area contributed by atoms with Crippen LogP contribution in [-0.4, -0.2) is 33.1 Å². The summed E-state index contributed by atoms with van der Waals surface area (Å²) in [6.45, 7) is 6.63. The van der Waals surface area contributed by atoms with Gasteiger partial charge in [-0.05, 0) is 78.9 Å². The van der Waals surface area contributed by atoms with Crippen molar-refractivity contribution >= 4 is 11.8 Å². The topological polar surface area (TPSA) is 124 Å². The predicted molar refractivity (Wildman–Crippen MR) is 116 cm³/mol. The molecule has 0 aromatic carbocycles. The fourth-order valence-corrected chi connectivity index (χ4v) is 11.5. The summed E-state index contributed by atoms with van der Waals surface area (Å²) in [5.41, 5.74) is 4.49. The van der Waals surface area contributed by atoms with Crippen molar-refractivity contribution in [2.24, 2.45) is 63.4 Å². The van der Waals surface area contributed by atoms with Crippen molar-refractivity contribution in [3.05, 3.63) is 0 Å². The number of rotatable bonds is 4. The summed E-state index contributed by atoms with van der Waals surface area (Å²) in [6.07, 6.45) is 5.20. The van der Waals surface area contributed by atoms with E-state index >= 15 is 0 Å². The molecule has 7 saturated carbocycles. The van der Waals surface area contributed by atoms with Crippen molar-refractivity contribution in [3.63, 3.8) is 0 Å². The molecule has 0 radical (unpaired) electrons. The zero-order valence-corrected chi connectivity index (χ0v) is 19.4. The quantitative estimate of drug-likeness (QED) is 0.617. The van der Waals surface area contributed by atoms with Gasteiger partial charge in [-0.25, -0.2) is 0 Å². The van der Waals surface area contributed by atoms with E-state index in [1.807, 2.05) is 0 Å². The van der Waals surface area contributed by atoms with Crippen molar-refractivity contribution in [1.29, 1.82) is 5.26 Å². The largest absolute Gasteiger partial charge is 0.481 e. The van der Waals surface area contributed by atoms with Gasteiger partial charge < -0.3 is 15.9 Å². The molecule has 0 spiro atoms. The molecule has 0 aromatic rings. The van der Waals surface area contributed by atoms with Crippen molar-refractivity contribution < 1.29 is 19.8 Å². The van der Waals surface area contributed by atoms with Gasteiger partial charge >= 0.3 is 5.97 Å². The molecule has 0 amide bonds. The summed E-state index contributed by atoms with van der Waals surface area (Å²) in [4.78, 5) is 24.5. The third kappa shape index (κ3) is 1.77. The second kappa shape index (κ2) is 5.78. The van der Waals surface area contributed by atoms with Gasteiger partial charge in [0.25, 0.3) is 0 Å². The van der Waals surface area contributed by atoms with Crippen LogP contribution in [0, 0.1) is 69.0 Å². The summed E-state index contributed by atoms with van der Waals surface area (Å²) in [7, 11) is 0. The molecule has 0 aliphatic heterocycles. The standard InChI is InChI=1S/C26H36N2O4/c1-4-13-19-18-14-6-9-24(32,10-7-17(29)30)22(14,2)8-5-15(18)23(3)11-16-20(31)21(26(16,19)28)25(13,23)12-27/h13-16,18-19,21,32H,4-11,28H2,1-3H3,(H,29,30)/t13-,14-,15-,16?,18-,19?,21?,22-,23+,24+,25+,26?/m0/s1. The van der Waals surface area contributed by atoms with E-state index in [1.165, 1.54) is 0 Å². The summed E-state index contributed by atoms with van der Waals surface area (Å²) in [6, 6.07) is 2.76. The maximum absolute atomic E-state index is 13.2. The van der Waals surface area contributed by atoms with E-state index in [0.29, 0.717) is 24.7 Å². The van der Waals surface area contributed by atoms with E-state index < -0.39 is 22.5 Å². The van der Waals surface area contributed by atoms with Gasteiger partial charge in [-0.3, -0.25) is 9.59 Å². The number of Topliss-reactive ketones (excluding diaryl/α,β-unsaturated/α-hetero) is 1. The van der Waals surface area contributed by atoms with Crippen molar-refractivity contribution in [2.45, 2.75) is 83.3 Å². The molecule has 0 saturated heterocycles. The Balaban J connectivity index is 1.49. The lowest BCUT2D eigenvalue weighted by atomic mass is 9.35. The molecule has 174 valence electrons. The zero-order chi connectivity index (χ0) is 23.1. The summed E-state index contributed by atoms with van der Waals surface area (Å²) >= 11 is 0. The van der Waals surface area contributed by atoms with Crippen LogP contribution in [0.5, 0.6) is 0 Å². The van der Waals surface area contributed by atoms with Crippen LogP contribution in [0.15, 0.2) is 0 Å². The van der Waals surface area contributed by atoms with Gasteiger partial charge in [0.05, 0.1) is 23.0 Å². The highest BCUT2D eigenvalue weighted by Gasteiger charge is 2.91. The first-order valence-electron chi connectivity index (χ1n) is 12.7. The Morgan fingerprint density at radius 2 is 1.88 bits per heavy atom. The van der Waals surface area contributed by atoms with E-state index in [4.69, 9.17) is 5.73 Å². The molecule has 7 aliphatic rings. The molecule has 0 aromatic heterocycles. The average Bonchev–Trinajstić information content (AvgIpc) is 3.07. The van der Waals surface area contributed by atoms with Crippen LogP contribution in [0.2, 0.25) is 0 Å². The predicted octanol–water partition coefficient (Wildman–Crippen LogP) is 3.13. The normalized spacial score (nSPS) is 61.0. The fraction of sp³-hybridized carbons (Fsp3) is 0.885. The number of hydrogen-bond donors (Lipinski definition) is 3. The van der Waals surface area contributed by atoms with Crippen LogP contribution in [-0.2, 0) is 9.59 Å². The first-order chi connectivity index (χ1) is 15.0. The van der Waals surface area contributed by atoms with Crippen LogP contribution in [0.3, 0.4) is 0 Å². The maximum Gasteiger partial charge on any atom is 0.303 e. The number of aliphatic hydroxyl groups is 1. The smallest absolute Gasteiger partial charge is 0.303 e. The van der Waals surface area contributed by atoms with Crippen LogP contribution >= 0.6 is 0 Å². The highest BCUT2D eigenvalue weighted by atomic mass is 16.4. The Bertz CT molecular complexity index is 975. The Labute approximate surface area is 189 Å². The Morgan fingerprint density at radius 1 is 1.22 bits per heavy atom. The van der Waals surface area contributed by atoms with Gasteiger partial charge in [0, 0.05) is 17.9 Å². The summed E-state index contributed by atoms with van der Waals surface area (Å²) < 4.78 is 0. The van der Waals surface area contributed by atoms with Gasteiger partial charge in [0.1, 0.15) is 5.78 Å². The molecular formula is C26H36N2O4. The van der Waals surface area contributed by atoms with E-state index in [-0.39, 0.29) is 52.6 Å². The summed E-state index contributed by atoms with van der Waals surface area (Å²) in [5, 5.41) is 31.7. The fourth-order valence-electron chi connectivity index (χ4n) is 11.5. The molecule has 4 unspecified atom stereocenters. The number of fused-ring (bicyclic) bond motifs is 4. The first-order valence-corrected chi connectivity index (χ1v) is 12.7. The van der Waals surface area contributed by atoms with Crippen LogP contribution in [0.1, 0.15) is 72.1 Å². The number of hydrogen-bond acceptors (Lipinski definition) is 5. The molecule has 32 heavy (non-hydrogen) atoms. The SMILES string of the molecule is CC[C@H]1C2[C@H]3[C@@H]4CC[C@@](O)(CCC(=O)O)[C@@]4(C)CC[C@@H]3[C@@]3(C)CC4C(=O)C(C42N)[C@@]13C#N. The second-order valence-corrected chi connectivity index (χ2v) is 12.7. The monoisotopic (exact) mass is 440 g/mol. The Kier molecular flexibility index (Phi) is 3.81. The summed E-state index contributed by atoms with van der Waals surface area (Å²) in [5.74, 6) is 0.113. The first kappa shape index (κ1) is 21.1. The van der Waals surface area contributed by atoms with Gasteiger partial charge in [-0.15, -0.1) is 0 Å². The highest BCUT2D eigenvalue weighted by molar-refractivity contribution is 5.97. The van der Waals surface area contributed by atoms with Crippen molar-refractivity contribution in [2.75, 3.05) is 0 Å². The van der Waals surface area contributed by atoms with Crippen LogP contribution in [0.4, 0.5) is 0 Å². The molecule has 12 atom stereocenters. The average molecular weight is 441 g/mol. The van der Waals surface area contributed by atoms with E-state index in [1.54, 1.807) is 0 Å².